The molecule has 10 nitrogen and oxygen atoms in total. The topological polar surface area (TPSA) is 110 Å². The number of nitrogens with zero attached hydrogens (tertiary/aromatic N) is 2. The van der Waals surface area contributed by atoms with Gasteiger partial charge in [0.15, 0.2) is 16.7 Å². The summed E-state index contributed by atoms with van der Waals surface area (Å²) in [5.41, 5.74) is 0.599. The summed E-state index contributed by atoms with van der Waals surface area (Å²) in [6.07, 6.45) is -2.43. The first kappa shape index (κ1) is 30.3. The van der Waals surface area contributed by atoms with E-state index in [0.717, 1.165) is 0 Å². The first-order valence-electron chi connectivity index (χ1n) is 12.8. The number of amides is 1. The number of ether oxygens (including phenoxy) is 5. The van der Waals surface area contributed by atoms with Crippen molar-refractivity contribution in [1.82, 2.24) is 14.9 Å². The molecular weight excluding hydrogens is 617 g/mol. The number of benzene rings is 1. The van der Waals surface area contributed by atoms with Crippen LogP contribution in [0, 0.1) is 5.92 Å². The third-order valence-electron chi connectivity index (χ3n) is 6.60. The Labute approximate surface area is 246 Å². The number of carbonyl (C=O) groups excluding carboxylic acids is 2. The molecule has 0 unspecified atom stereocenters. The van der Waals surface area contributed by atoms with Crippen LogP contribution in [0.25, 0.3) is 11.0 Å². The van der Waals surface area contributed by atoms with Gasteiger partial charge in [-0.2, -0.15) is 0 Å². The van der Waals surface area contributed by atoms with E-state index in [-0.39, 0.29) is 12.5 Å². The van der Waals surface area contributed by atoms with Crippen molar-refractivity contribution in [2.75, 3.05) is 6.61 Å². The van der Waals surface area contributed by atoms with Crippen LogP contribution >= 0.6 is 39.1 Å². The fraction of sp³-hybridized carbons (Fsp3) is 0.654. The van der Waals surface area contributed by atoms with Crippen LogP contribution in [0.3, 0.4) is 0 Å². The molecule has 39 heavy (non-hydrogen) atoms. The third-order valence-corrected chi connectivity index (χ3v) is 7.88. The minimum absolute atomic E-state index is 0.115. The van der Waals surface area contributed by atoms with E-state index in [1.165, 1.54) is 0 Å². The lowest BCUT2D eigenvalue weighted by Gasteiger charge is -2.27. The van der Waals surface area contributed by atoms with Crippen molar-refractivity contribution in [1.29, 1.82) is 0 Å². The van der Waals surface area contributed by atoms with Crippen LogP contribution in [-0.2, 0) is 28.5 Å². The summed E-state index contributed by atoms with van der Waals surface area (Å²) < 4.78 is 32.1. The van der Waals surface area contributed by atoms with Crippen LogP contribution < -0.4 is 5.32 Å². The molecule has 1 amide bonds. The number of imidazole rings is 1. The highest BCUT2D eigenvalue weighted by Crippen LogP contribution is 2.45. The number of nitrogens with one attached hydrogen (secondary N) is 1. The van der Waals surface area contributed by atoms with Crippen LogP contribution in [0.4, 0.5) is 4.79 Å². The lowest BCUT2D eigenvalue weighted by molar-refractivity contribution is -0.202. The Balaban J connectivity index is 1.54. The van der Waals surface area contributed by atoms with Gasteiger partial charge in [0, 0.05) is 0 Å². The summed E-state index contributed by atoms with van der Waals surface area (Å²) in [5, 5.41) is 3.41. The van der Waals surface area contributed by atoms with Crippen LogP contribution in [0.1, 0.15) is 61.1 Å². The van der Waals surface area contributed by atoms with Crippen LogP contribution in [0.2, 0.25) is 10.0 Å². The van der Waals surface area contributed by atoms with Crippen LogP contribution in [-0.4, -0.2) is 64.0 Å². The molecule has 0 spiro atoms. The molecule has 2 saturated heterocycles. The Morgan fingerprint density at radius 3 is 2.49 bits per heavy atom. The van der Waals surface area contributed by atoms with Gasteiger partial charge in [-0.25, -0.2) is 14.6 Å². The van der Waals surface area contributed by atoms with E-state index in [9.17, 15) is 9.59 Å². The predicted molar refractivity (Wildman–Crippen MR) is 149 cm³/mol. The molecule has 6 atom stereocenters. The zero-order valence-electron chi connectivity index (χ0n) is 22.9. The predicted octanol–water partition coefficient (Wildman–Crippen LogP) is 6.01. The minimum Gasteiger partial charge on any atom is -0.461 e. The molecule has 1 N–H and O–H groups in total. The van der Waals surface area contributed by atoms with E-state index in [4.69, 9.17) is 46.9 Å². The second-order valence-electron chi connectivity index (χ2n) is 11.3. The maximum atomic E-state index is 13.2. The lowest BCUT2D eigenvalue weighted by Crippen LogP contribution is -2.48. The summed E-state index contributed by atoms with van der Waals surface area (Å²) >= 11 is 16.0. The summed E-state index contributed by atoms with van der Waals surface area (Å²) in [6.45, 7) is 12.6. The molecule has 13 heteroatoms. The van der Waals surface area contributed by atoms with Gasteiger partial charge in [-0.15, -0.1) is 0 Å². The molecule has 0 bridgehead atoms. The maximum absolute atomic E-state index is 13.2. The van der Waals surface area contributed by atoms with Crippen molar-refractivity contribution in [3.05, 3.63) is 26.9 Å². The van der Waals surface area contributed by atoms with Gasteiger partial charge >= 0.3 is 12.1 Å². The second kappa shape index (κ2) is 11.3. The Kier molecular flexibility index (Phi) is 8.81. The van der Waals surface area contributed by atoms with Crippen LogP contribution in [0.15, 0.2) is 16.9 Å². The fourth-order valence-electron chi connectivity index (χ4n) is 4.66. The first-order chi connectivity index (χ1) is 18.1. The Morgan fingerprint density at radius 1 is 1.21 bits per heavy atom. The molecule has 0 aliphatic carbocycles. The highest BCUT2D eigenvalue weighted by Gasteiger charge is 2.56. The molecule has 2 aliphatic rings. The first-order valence-corrected chi connectivity index (χ1v) is 14.3. The largest absolute Gasteiger partial charge is 0.461 e. The van der Waals surface area contributed by atoms with Gasteiger partial charge in [0.25, 0.3) is 0 Å². The van der Waals surface area contributed by atoms with E-state index in [2.05, 4.69) is 26.2 Å². The summed E-state index contributed by atoms with van der Waals surface area (Å²) in [6, 6.07) is 2.49. The molecule has 216 valence electrons. The zero-order chi connectivity index (χ0) is 28.9. The number of halogens is 3. The van der Waals surface area contributed by atoms with Crippen LogP contribution in [0.5, 0.6) is 0 Å². The second-order valence-corrected chi connectivity index (χ2v) is 12.8. The van der Waals surface area contributed by atoms with E-state index < -0.39 is 54.0 Å². The molecule has 0 radical (unpaired) electrons. The highest BCUT2D eigenvalue weighted by atomic mass is 79.9. The molecule has 2 fully saturated rings. The van der Waals surface area contributed by atoms with Crippen molar-refractivity contribution < 1.29 is 33.3 Å². The third kappa shape index (κ3) is 6.65. The van der Waals surface area contributed by atoms with E-state index >= 15 is 0 Å². The van der Waals surface area contributed by atoms with Gasteiger partial charge in [-0.1, -0.05) is 43.5 Å². The minimum atomic E-state index is -0.895. The number of aromatic nitrogens is 2. The number of alkyl carbamates (subject to hydrolysis) is 1. The fourth-order valence-corrected chi connectivity index (χ4v) is 5.56. The zero-order valence-corrected chi connectivity index (χ0v) is 26.0. The summed E-state index contributed by atoms with van der Waals surface area (Å²) in [7, 11) is 0. The molecule has 1 aromatic heterocycles. The van der Waals surface area contributed by atoms with E-state index in [1.807, 2.05) is 32.3 Å². The van der Waals surface area contributed by atoms with Crippen molar-refractivity contribution >= 4 is 62.2 Å². The molecule has 4 rings (SSSR count). The molecule has 2 aliphatic heterocycles. The Hall–Kier alpha value is -1.63. The van der Waals surface area contributed by atoms with Gasteiger partial charge < -0.3 is 29.0 Å². The molecular formula is C26H34BrCl2N3O7. The molecule has 2 aromatic rings. The van der Waals surface area contributed by atoms with Crippen molar-refractivity contribution in [3.63, 3.8) is 0 Å². The number of esters is 1. The smallest absolute Gasteiger partial charge is 0.408 e. The monoisotopic (exact) mass is 649 g/mol. The average Bonchev–Trinajstić information content (AvgIpc) is 3.41. The number of hydrogen-bond donors (Lipinski definition) is 1. The van der Waals surface area contributed by atoms with Gasteiger partial charge in [0.2, 0.25) is 0 Å². The van der Waals surface area contributed by atoms with Gasteiger partial charge in [0.1, 0.15) is 36.6 Å². The number of fused-ring (bicyclic) bond motifs is 2. The van der Waals surface area contributed by atoms with Crippen molar-refractivity contribution in [2.45, 2.75) is 96.9 Å². The van der Waals surface area contributed by atoms with E-state index in [1.54, 1.807) is 32.9 Å². The maximum Gasteiger partial charge on any atom is 0.408 e. The number of hydrogen-bond acceptors (Lipinski definition) is 8. The quantitative estimate of drug-likeness (QED) is 0.363. The summed E-state index contributed by atoms with van der Waals surface area (Å²) in [4.78, 5) is 30.1. The van der Waals surface area contributed by atoms with Gasteiger partial charge in [-0.05, 0) is 68.6 Å². The SMILES string of the molecule is CC[C@H](C)[C@H](NC(=O)OC(C)(C)C)C(=O)OC[C@H]1O[C@@H](n2c(Br)nc3cc(Cl)c(Cl)cc32)[C@@H]2OC(C)(C)O[C@@H]21. The number of rotatable bonds is 7. The Morgan fingerprint density at radius 2 is 1.85 bits per heavy atom. The normalized spacial score (nSPS) is 25.8. The molecule has 3 heterocycles. The average molecular weight is 651 g/mol. The van der Waals surface area contributed by atoms with E-state index in [0.29, 0.717) is 32.2 Å². The Bertz CT molecular complexity index is 1250. The van der Waals surface area contributed by atoms with Crippen molar-refractivity contribution in [3.8, 4) is 0 Å². The number of carbonyl (C=O) groups is 2. The van der Waals surface area contributed by atoms with Gasteiger partial charge in [0.05, 0.1) is 21.1 Å². The standard InChI is InChI=1S/C26H34BrCl2N3O7/c1-8-12(2)18(31-24(34)39-25(3,4)5)22(33)35-11-17-19-20(38-26(6,7)37-19)21(36-17)32-16-10-14(29)13(28)9-15(16)30-23(32)27/h9-10,12,17-21H,8,11H2,1-7H3,(H,31,34)/t12-,17+,18-,19+,20+,21+/m0/s1. The molecule has 1 aromatic carbocycles. The summed E-state index contributed by atoms with van der Waals surface area (Å²) in [5.74, 6) is -1.67. The van der Waals surface area contributed by atoms with Crippen molar-refractivity contribution in [2.24, 2.45) is 5.92 Å². The highest BCUT2D eigenvalue weighted by molar-refractivity contribution is 9.10. The van der Waals surface area contributed by atoms with Gasteiger partial charge in [-0.3, -0.25) is 4.57 Å². The lowest BCUT2D eigenvalue weighted by atomic mass is 9.99. The molecule has 0 saturated carbocycles.